The van der Waals surface area contributed by atoms with Gasteiger partial charge in [-0.3, -0.25) is 4.79 Å². The number of sulfonamides is 1. The number of carbonyl (C=O) groups excluding carboxylic acids is 2. The molecule has 2 N–H and O–H groups in total. The van der Waals surface area contributed by atoms with Crippen LogP contribution in [0.15, 0.2) is 53.4 Å². The molecule has 1 fully saturated rings. The van der Waals surface area contributed by atoms with Crippen molar-refractivity contribution >= 4 is 21.9 Å². The van der Waals surface area contributed by atoms with Crippen molar-refractivity contribution in [1.82, 2.24) is 10.0 Å². The first-order chi connectivity index (χ1) is 14.3. The Kier molecular flexibility index (Phi) is 7.23. The van der Waals surface area contributed by atoms with Crippen molar-refractivity contribution in [3.05, 3.63) is 65.2 Å². The average molecular weight is 431 g/mol. The Hall–Kier alpha value is -2.71. The second-order valence-electron chi connectivity index (χ2n) is 7.39. The molecule has 7 nitrogen and oxygen atoms in total. The summed E-state index contributed by atoms with van der Waals surface area (Å²) < 4.78 is 32.4. The molecule has 0 heterocycles. The first-order valence-electron chi connectivity index (χ1n) is 9.96. The molecule has 0 radical (unpaired) electrons. The molecule has 8 heteroatoms. The van der Waals surface area contributed by atoms with E-state index in [1.54, 1.807) is 13.0 Å². The molecule has 0 atom stereocenters. The van der Waals surface area contributed by atoms with E-state index in [4.69, 9.17) is 4.74 Å². The molecule has 1 amide bonds. The molecule has 0 aliphatic heterocycles. The second kappa shape index (κ2) is 9.86. The first kappa shape index (κ1) is 22.0. The van der Waals surface area contributed by atoms with Crippen LogP contribution in [0.2, 0.25) is 0 Å². The van der Waals surface area contributed by atoms with Crippen LogP contribution in [0.1, 0.15) is 40.7 Å². The lowest BCUT2D eigenvalue weighted by molar-refractivity contribution is -0.124. The third kappa shape index (κ3) is 6.40. The van der Waals surface area contributed by atoms with Crippen molar-refractivity contribution in [2.24, 2.45) is 0 Å². The highest BCUT2D eigenvalue weighted by atomic mass is 32.2. The van der Waals surface area contributed by atoms with Crippen LogP contribution >= 0.6 is 0 Å². The highest BCUT2D eigenvalue weighted by molar-refractivity contribution is 7.89. The Bertz CT molecular complexity index is 1000. The van der Waals surface area contributed by atoms with Gasteiger partial charge in [0.2, 0.25) is 10.0 Å². The Morgan fingerprint density at radius 1 is 1.10 bits per heavy atom. The minimum absolute atomic E-state index is 0.0114. The van der Waals surface area contributed by atoms with Gasteiger partial charge in [-0.05, 0) is 55.9 Å². The molecular formula is C22H26N2O5S. The van der Waals surface area contributed by atoms with Gasteiger partial charge >= 0.3 is 5.97 Å². The van der Waals surface area contributed by atoms with E-state index in [0.29, 0.717) is 12.1 Å². The van der Waals surface area contributed by atoms with Gasteiger partial charge < -0.3 is 10.1 Å². The van der Waals surface area contributed by atoms with Gasteiger partial charge in [0.05, 0.1) is 10.5 Å². The summed E-state index contributed by atoms with van der Waals surface area (Å²) in [5.41, 5.74) is 1.90. The highest BCUT2D eigenvalue weighted by Gasteiger charge is 2.28. The summed E-state index contributed by atoms with van der Waals surface area (Å²) >= 11 is 0. The van der Waals surface area contributed by atoms with Crippen LogP contribution in [0.4, 0.5) is 0 Å². The summed E-state index contributed by atoms with van der Waals surface area (Å²) in [4.78, 5) is 24.3. The van der Waals surface area contributed by atoms with Gasteiger partial charge in [-0.1, -0.05) is 36.4 Å². The van der Waals surface area contributed by atoms with Crippen molar-refractivity contribution in [3.8, 4) is 0 Å². The molecule has 1 saturated carbocycles. The number of ether oxygens (including phenoxy) is 1. The van der Waals surface area contributed by atoms with Gasteiger partial charge in [0, 0.05) is 12.6 Å². The molecule has 0 bridgehead atoms. The smallest absolute Gasteiger partial charge is 0.338 e. The number of nitrogens with one attached hydrogen (secondary N) is 2. The molecule has 160 valence electrons. The summed E-state index contributed by atoms with van der Waals surface area (Å²) in [5, 5.41) is 2.72. The predicted octanol–water partition coefficient (Wildman–Crippen LogP) is 2.34. The lowest BCUT2D eigenvalue weighted by Crippen LogP contribution is -2.30. The molecule has 0 unspecified atom stereocenters. The fourth-order valence-corrected chi connectivity index (χ4v) is 4.23. The lowest BCUT2D eigenvalue weighted by Gasteiger charge is -2.11. The van der Waals surface area contributed by atoms with Gasteiger partial charge in [-0.25, -0.2) is 17.9 Å². The highest BCUT2D eigenvalue weighted by Crippen LogP contribution is 2.23. The van der Waals surface area contributed by atoms with E-state index < -0.39 is 28.5 Å². The number of benzene rings is 2. The molecule has 0 aromatic heterocycles. The van der Waals surface area contributed by atoms with Gasteiger partial charge in [0.25, 0.3) is 5.91 Å². The topological polar surface area (TPSA) is 102 Å². The van der Waals surface area contributed by atoms with Crippen LogP contribution in [0.25, 0.3) is 0 Å². The molecule has 30 heavy (non-hydrogen) atoms. The Morgan fingerprint density at radius 2 is 1.83 bits per heavy atom. The van der Waals surface area contributed by atoms with Crippen LogP contribution in [0, 0.1) is 6.92 Å². The molecule has 0 spiro atoms. The normalized spacial score (nSPS) is 13.6. The molecule has 2 aromatic rings. The van der Waals surface area contributed by atoms with E-state index in [9.17, 15) is 18.0 Å². The van der Waals surface area contributed by atoms with E-state index in [-0.39, 0.29) is 16.5 Å². The van der Waals surface area contributed by atoms with Crippen LogP contribution in [0.5, 0.6) is 0 Å². The summed E-state index contributed by atoms with van der Waals surface area (Å²) in [5.74, 6) is -1.12. The zero-order valence-electron chi connectivity index (χ0n) is 16.9. The lowest BCUT2D eigenvalue weighted by atomic mass is 10.1. The number of hydrogen-bond donors (Lipinski definition) is 2. The number of aryl methyl sites for hydroxylation is 2. The second-order valence-corrected chi connectivity index (χ2v) is 9.10. The molecular weight excluding hydrogens is 404 g/mol. The average Bonchev–Trinajstić information content (AvgIpc) is 3.53. The van der Waals surface area contributed by atoms with Crippen molar-refractivity contribution in [2.75, 3.05) is 13.2 Å². The quantitative estimate of drug-likeness (QED) is 0.445. The van der Waals surface area contributed by atoms with Crippen LogP contribution in [-0.2, 0) is 26.0 Å². The summed E-state index contributed by atoms with van der Waals surface area (Å²) in [6, 6.07) is 14.2. The predicted molar refractivity (Wildman–Crippen MR) is 113 cm³/mol. The minimum atomic E-state index is -3.68. The van der Waals surface area contributed by atoms with E-state index in [0.717, 1.165) is 25.7 Å². The van der Waals surface area contributed by atoms with Gasteiger partial charge in [-0.2, -0.15) is 0 Å². The molecule has 0 saturated heterocycles. The summed E-state index contributed by atoms with van der Waals surface area (Å²) in [7, 11) is -3.68. The van der Waals surface area contributed by atoms with Gasteiger partial charge in [0.1, 0.15) is 0 Å². The maximum Gasteiger partial charge on any atom is 0.338 e. The minimum Gasteiger partial charge on any atom is -0.452 e. The van der Waals surface area contributed by atoms with E-state index in [2.05, 4.69) is 10.0 Å². The number of amides is 1. The number of carbonyl (C=O) groups is 2. The number of hydrogen-bond acceptors (Lipinski definition) is 5. The molecule has 3 rings (SSSR count). The SMILES string of the molecule is Cc1ccc(S(=O)(=O)NC2CC2)cc1C(=O)OCC(=O)NCCCc1ccccc1. The maximum absolute atomic E-state index is 12.4. The number of esters is 1. The third-order valence-corrected chi connectivity index (χ3v) is 6.30. The monoisotopic (exact) mass is 430 g/mol. The Labute approximate surface area is 176 Å². The third-order valence-electron chi connectivity index (χ3n) is 4.78. The maximum atomic E-state index is 12.4. The van der Waals surface area contributed by atoms with Crippen molar-refractivity contribution < 1.29 is 22.7 Å². The van der Waals surface area contributed by atoms with Crippen molar-refractivity contribution in [1.29, 1.82) is 0 Å². The molecule has 1 aliphatic carbocycles. The fraction of sp³-hybridized carbons (Fsp3) is 0.364. The van der Waals surface area contributed by atoms with E-state index in [1.165, 1.54) is 17.7 Å². The van der Waals surface area contributed by atoms with E-state index in [1.807, 2.05) is 30.3 Å². The standard InChI is InChI=1S/C22H26N2O5S/c1-16-9-12-19(30(27,28)24-18-10-11-18)14-20(16)22(26)29-15-21(25)23-13-5-8-17-6-3-2-4-7-17/h2-4,6-7,9,12,14,18,24H,5,8,10-11,13,15H2,1H3,(H,23,25). The van der Waals surface area contributed by atoms with Crippen LogP contribution in [-0.4, -0.2) is 39.5 Å². The zero-order valence-corrected chi connectivity index (χ0v) is 17.7. The zero-order chi connectivity index (χ0) is 21.6. The Morgan fingerprint density at radius 3 is 2.53 bits per heavy atom. The first-order valence-corrected chi connectivity index (χ1v) is 11.4. The van der Waals surface area contributed by atoms with Crippen molar-refractivity contribution in [3.63, 3.8) is 0 Å². The Balaban J connectivity index is 1.48. The van der Waals surface area contributed by atoms with Crippen LogP contribution < -0.4 is 10.0 Å². The summed E-state index contributed by atoms with van der Waals surface area (Å²) in [6.45, 7) is 1.75. The van der Waals surface area contributed by atoms with Gasteiger partial charge in [-0.15, -0.1) is 0 Å². The largest absolute Gasteiger partial charge is 0.452 e. The summed E-state index contributed by atoms with van der Waals surface area (Å²) in [6.07, 6.45) is 3.26. The molecule has 1 aliphatic rings. The number of rotatable bonds is 10. The van der Waals surface area contributed by atoms with E-state index >= 15 is 0 Å². The van der Waals surface area contributed by atoms with Crippen molar-refractivity contribution in [2.45, 2.75) is 43.5 Å². The van der Waals surface area contributed by atoms with Gasteiger partial charge in [0.15, 0.2) is 6.61 Å². The molecule has 2 aromatic carbocycles. The van der Waals surface area contributed by atoms with Crippen LogP contribution in [0.3, 0.4) is 0 Å². The fourth-order valence-electron chi connectivity index (χ4n) is 2.90.